The van der Waals surface area contributed by atoms with Crippen molar-refractivity contribution in [1.29, 1.82) is 0 Å². The lowest BCUT2D eigenvalue weighted by molar-refractivity contribution is 0.991. The molecule has 0 bridgehead atoms. The summed E-state index contributed by atoms with van der Waals surface area (Å²) in [4.78, 5) is 14.5. The zero-order valence-electron chi connectivity index (χ0n) is 49.6. The van der Waals surface area contributed by atoms with E-state index in [2.05, 4.69) is 359 Å². The Morgan fingerprint density at radius 1 is 0.189 bits per heavy atom. The van der Waals surface area contributed by atoms with E-state index >= 15 is 0 Å². The molecular weight excluding hydrogens is 1090 g/mol. The van der Waals surface area contributed by atoms with Gasteiger partial charge in [0.05, 0.1) is 28.4 Å². The van der Waals surface area contributed by atoms with Gasteiger partial charge in [-0.25, -0.2) is 0 Å². The maximum absolute atomic E-state index is 4.88. The molecule has 5 heteroatoms. The van der Waals surface area contributed by atoms with Crippen molar-refractivity contribution in [2.75, 3.05) is 32.9 Å². The smallest absolute Gasteiger partial charge is 0.100 e. The zero-order chi connectivity index (χ0) is 59.7. The average molecular weight is 1150 g/mol. The van der Waals surface area contributed by atoms with Gasteiger partial charge in [0.2, 0.25) is 0 Å². The van der Waals surface area contributed by atoms with E-state index in [4.69, 9.17) is 4.98 Å². The number of fused-ring (bicyclic) bond motifs is 2. The van der Waals surface area contributed by atoms with Crippen molar-refractivity contribution in [3.63, 3.8) is 0 Å². The van der Waals surface area contributed by atoms with Crippen molar-refractivity contribution < 1.29 is 0 Å². The summed E-state index contributed by atoms with van der Waals surface area (Å²) < 4.78 is 0. The highest BCUT2D eigenvalue weighted by molar-refractivity contribution is 5.96. The second-order valence-corrected chi connectivity index (χ2v) is 23.1. The van der Waals surface area contributed by atoms with Crippen LogP contribution in [0.5, 0.6) is 0 Å². The van der Waals surface area contributed by atoms with Gasteiger partial charge in [0.15, 0.2) is 0 Å². The summed E-state index contributed by atoms with van der Waals surface area (Å²) in [6, 6.07) is 123. The van der Waals surface area contributed by atoms with Crippen LogP contribution in [0.2, 0.25) is 0 Å². The minimum atomic E-state index is 0.725. The Labute approximate surface area is 526 Å². The second-order valence-electron chi connectivity index (χ2n) is 23.1. The molecule has 90 heavy (non-hydrogen) atoms. The Morgan fingerprint density at radius 2 is 0.456 bits per heavy atom. The van der Waals surface area contributed by atoms with Gasteiger partial charge in [0, 0.05) is 34.5 Å². The Kier molecular flexibility index (Phi) is 14.0. The predicted octanol–water partition coefficient (Wildman–Crippen LogP) is 22.6. The lowest BCUT2D eigenvalue weighted by Crippen LogP contribution is -2.23. The Balaban J connectivity index is 0.763. The van der Waals surface area contributed by atoms with Gasteiger partial charge in [-0.3, -0.25) is 4.98 Å². The molecule has 5 nitrogen and oxygen atoms in total. The molecule has 0 unspecified atom stereocenters. The minimum Gasteiger partial charge on any atom is -0.321 e. The van der Waals surface area contributed by atoms with Crippen LogP contribution in [0.3, 0.4) is 0 Å². The minimum absolute atomic E-state index is 0.725. The number of hydrogen-bond donors (Lipinski definition) is 0. The number of hydrogen-bond acceptors (Lipinski definition) is 5. The van der Waals surface area contributed by atoms with Gasteiger partial charge in [-0.05, 0) is 192 Å². The fraction of sp³-hybridized carbons (Fsp3) is 0.0235. The van der Waals surface area contributed by atoms with E-state index in [0.717, 1.165) is 103 Å². The molecule has 14 aromatic rings. The standard InChI is InChI=1S/C85H61N5/c1-4-20-60(21-5-1)61-36-38-62(39-37-61)67-52-53-86-81(57-67)66-42-40-63(41-43-66)75-26-10-13-29-78(75)68-54-69(79-30-14-11-27-76(79)64-44-48-73(49-45-64)89-58-87(71-22-6-2-7-23-71)82-32-16-18-34-84(82)89)56-70(55-68)80-31-15-12-28-77(80)65-46-50-74(51-47-65)90-59-88(72-24-8-3-9-25-72)83-33-17-19-35-85(83)90/h1-57H,58-59H2. The van der Waals surface area contributed by atoms with Crippen LogP contribution < -0.4 is 19.6 Å². The highest BCUT2D eigenvalue weighted by Gasteiger charge is 2.29. The van der Waals surface area contributed by atoms with E-state index in [0.29, 0.717) is 0 Å². The number of pyridine rings is 1. The van der Waals surface area contributed by atoms with Crippen molar-refractivity contribution in [1.82, 2.24) is 4.98 Å². The Bertz CT molecular complexity index is 4670. The first-order valence-corrected chi connectivity index (χ1v) is 30.9. The van der Waals surface area contributed by atoms with Crippen LogP contribution in [0.4, 0.5) is 45.5 Å². The van der Waals surface area contributed by atoms with Crippen LogP contribution >= 0.6 is 0 Å². The second kappa shape index (κ2) is 23.5. The first-order chi connectivity index (χ1) is 44.6. The summed E-state index contributed by atoms with van der Waals surface area (Å²) in [6.45, 7) is 1.45. The first-order valence-electron chi connectivity index (χ1n) is 30.9. The average Bonchev–Trinajstić information content (AvgIpc) is 1.57. The SMILES string of the molecule is c1ccc(-c2ccc(-c3ccnc(-c4ccc(-c5ccccc5-c5cc(-c6ccccc6-c6ccc(N7CN(c8ccccc8)c8ccccc87)cc6)cc(-c6ccccc6-c6ccc(N7CN(c8ccccc8)c8ccccc87)cc6)c5)cc4)c3)cc2)cc1. The largest absolute Gasteiger partial charge is 0.321 e. The third-order valence-electron chi connectivity index (χ3n) is 17.8. The third-order valence-corrected chi connectivity index (χ3v) is 17.8. The fourth-order valence-electron chi connectivity index (χ4n) is 13.3. The van der Waals surface area contributed by atoms with Crippen molar-refractivity contribution >= 4 is 45.5 Å². The maximum Gasteiger partial charge on any atom is 0.100 e. The molecule has 2 aliphatic rings. The van der Waals surface area contributed by atoms with Crippen LogP contribution in [0.25, 0.3) is 100 Å². The summed E-state index contributed by atoms with van der Waals surface area (Å²) in [5, 5.41) is 0. The van der Waals surface area contributed by atoms with Gasteiger partial charge in [-0.1, -0.05) is 237 Å². The number of benzene rings is 13. The highest BCUT2D eigenvalue weighted by Crippen LogP contribution is 2.48. The van der Waals surface area contributed by atoms with E-state index in [-0.39, 0.29) is 0 Å². The molecule has 0 saturated carbocycles. The van der Waals surface area contributed by atoms with Gasteiger partial charge in [-0.2, -0.15) is 0 Å². The normalized spacial score (nSPS) is 12.5. The quantitative estimate of drug-likeness (QED) is 0.115. The molecular formula is C85H61N5. The van der Waals surface area contributed by atoms with Gasteiger partial charge in [0.25, 0.3) is 0 Å². The monoisotopic (exact) mass is 1150 g/mol. The van der Waals surface area contributed by atoms with E-state index in [1.807, 2.05) is 6.20 Å². The summed E-state index contributed by atoms with van der Waals surface area (Å²) in [7, 11) is 0. The predicted molar refractivity (Wildman–Crippen MR) is 377 cm³/mol. The van der Waals surface area contributed by atoms with Crippen LogP contribution in [-0.2, 0) is 0 Å². The molecule has 1 aromatic heterocycles. The molecule has 13 aromatic carbocycles. The third kappa shape index (κ3) is 10.2. The van der Waals surface area contributed by atoms with Crippen molar-refractivity contribution in [2.24, 2.45) is 0 Å². The maximum atomic E-state index is 4.88. The molecule has 426 valence electrons. The van der Waals surface area contributed by atoms with Crippen molar-refractivity contribution in [3.05, 3.63) is 346 Å². The molecule has 0 N–H and O–H groups in total. The Morgan fingerprint density at radius 3 is 0.833 bits per heavy atom. The molecule has 16 rings (SSSR count). The van der Waals surface area contributed by atoms with Gasteiger partial charge >= 0.3 is 0 Å². The lowest BCUT2D eigenvalue weighted by Gasteiger charge is -2.22. The highest BCUT2D eigenvalue weighted by atomic mass is 15.4. The molecule has 0 spiro atoms. The van der Waals surface area contributed by atoms with E-state index in [9.17, 15) is 0 Å². The van der Waals surface area contributed by atoms with Gasteiger partial charge < -0.3 is 19.6 Å². The summed E-state index contributed by atoms with van der Waals surface area (Å²) in [5.41, 5.74) is 30.0. The zero-order valence-corrected chi connectivity index (χ0v) is 49.6. The molecule has 0 amide bonds. The van der Waals surface area contributed by atoms with E-state index in [1.54, 1.807) is 0 Å². The van der Waals surface area contributed by atoms with E-state index in [1.165, 1.54) is 56.4 Å². The van der Waals surface area contributed by atoms with Crippen LogP contribution in [0.15, 0.2) is 346 Å². The van der Waals surface area contributed by atoms with Crippen LogP contribution in [-0.4, -0.2) is 18.3 Å². The van der Waals surface area contributed by atoms with Gasteiger partial charge in [0.1, 0.15) is 13.3 Å². The van der Waals surface area contributed by atoms with Crippen LogP contribution in [0.1, 0.15) is 0 Å². The number of rotatable bonds is 13. The number of para-hydroxylation sites is 6. The number of anilines is 8. The topological polar surface area (TPSA) is 25.9 Å². The summed E-state index contributed by atoms with van der Waals surface area (Å²) >= 11 is 0. The molecule has 2 aliphatic heterocycles. The Hall–Kier alpha value is -11.8. The molecule has 0 atom stereocenters. The summed E-state index contributed by atoms with van der Waals surface area (Å²) in [5.74, 6) is 0. The molecule has 0 radical (unpaired) electrons. The van der Waals surface area contributed by atoms with E-state index < -0.39 is 0 Å². The molecule has 0 saturated heterocycles. The molecule has 0 aliphatic carbocycles. The number of aromatic nitrogens is 1. The fourth-order valence-corrected chi connectivity index (χ4v) is 13.3. The first kappa shape index (κ1) is 53.7. The van der Waals surface area contributed by atoms with Gasteiger partial charge in [-0.15, -0.1) is 0 Å². The molecule has 3 heterocycles. The lowest BCUT2D eigenvalue weighted by atomic mass is 9.86. The summed E-state index contributed by atoms with van der Waals surface area (Å²) in [6.07, 6.45) is 1.92. The van der Waals surface area contributed by atoms with Crippen molar-refractivity contribution in [2.45, 2.75) is 0 Å². The van der Waals surface area contributed by atoms with Crippen molar-refractivity contribution in [3.8, 4) is 100 Å². The van der Waals surface area contributed by atoms with Crippen LogP contribution in [0, 0.1) is 0 Å². The molecule has 0 fully saturated rings. The number of nitrogens with zero attached hydrogens (tertiary/aromatic N) is 5.